The van der Waals surface area contributed by atoms with Gasteiger partial charge >= 0.3 is 30.1 Å². The molecule has 0 aromatic carbocycles. The lowest BCUT2D eigenvalue weighted by atomic mass is 9.77. The van der Waals surface area contributed by atoms with Crippen LogP contribution in [0.15, 0.2) is 0 Å². The van der Waals surface area contributed by atoms with Gasteiger partial charge in [-0.3, -0.25) is 0 Å². The summed E-state index contributed by atoms with van der Waals surface area (Å²) in [5.41, 5.74) is -6.35. The molecule has 0 saturated carbocycles. The fourth-order valence-electron chi connectivity index (χ4n) is 1.11. The summed E-state index contributed by atoms with van der Waals surface area (Å²) in [5.74, 6) is -19.8. The lowest BCUT2D eigenvalue weighted by Crippen LogP contribution is -2.69. The molecule has 0 aliphatic carbocycles. The average molecular weight is 330 g/mol. The van der Waals surface area contributed by atoms with E-state index in [4.69, 9.17) is 0 Å². The van der Waals surface area contributed by atoms with Gasteiger partial charge in [-0.05, 0) is 6.92 Å². The van der Waals surface area contributed by atoms with Crippen molar-refractivity contribution in [1.29, 1.82) is 0 Å². The first-order valence-electron chi connectivity index (χ1n) is 4.52. The van der Waals surface area contributed by atoms with Gasteiger partial charge in [0, 0.05) is 6.92 Å². The minimum atomic E-state index is -7.13. The van der Waals surface area contributed by atoms with Gasteiger partial charge in [-0.1, -0.05) is 0 Å². The molecule has 0 aliphatic rings. The molecule has 0 N–H and O–H groups in total. The van der Waals surface area contributed by atoms with Gasteiger partial charge in [0.25, 0.3) is 0 Å². The molecule has 0 fully saturated rings. The van der Waals surface area contributed by atoms with Crippen LogP contribution < -0.4 is 0 Å². The molecular weight excluding hydrogens is 324 g/mol. The van der Waals surface area contributed by atoms with Crippen LogP contribution in [0.25, 0.3) is 0 Å². The Balaban J connectivity index is 6.38. The Kier molecular flexibility index (Phi) is 4.14. The van der Waals surface area contributed by atoms with Gasteiger partial charge in [0.15, 0.2) is 0 Å². The van der Waals surface area contributed by atoms with Crippen molar-refractivity contribution >= 4 is 0 Å². The highest BCUT2D eigenvalue weighted by molar-refractivity contribution is 5.09. The first-order valence-corrected chi connectivity index (χ1v) is 4.52. The van der Waals surface area contributed by atoms with Crippen LogP contribution in [0.3, 0.4) is 0 Å². The minimum absolute atomic E-state index is 0.909. The zero-order valence-electron chi connectivity index (χ0n) is 9.54. The van der Waals surface area contributed by atoms with E-state index in [1.54, 1.807) is 0 Å². The third kappa shape index (κ3) is 2.30. The molecule has 0 spiro atoms. The zero-order chi connectivity index (χ0) is 17.0. The summed E-state index contributed by atoms with van der Waals surface area (Å²) >= 11 is 0. The maximum atomic E-state index is 13.1. The standard InChI is InChI=1S/C8H6F12/c1-3(7(15,16)17,8(18,19)20)5(11,12)6(13,14)4(2,9)10/h1-2H3. The lowest BCUT2D eigenvalue weighted by molar-refractivity contribution is -0.441. The molecule has 0 aromatic rings. The van der Waals surface area contributed by atoms with Crippen LogP contribution in [0.1, 0.15) is 13.8 Å². The van der Waals surface area contributed by atoms with E-state index in [0.29, 0.717) is 0 Å². The quantitative estimate of drug-likeness (QED) is 0.636. The maximum absolute atomic E-state index is 13.1. The molecule has 20 heavy (non-hydrogen) atoms. The summed E-state index contributed by atoms with van der Waals surface area (Å²) in [7, 11) is 0. The van der Waals surface area contributed by atoms with Crippen LogP contribution in [0.2, 0.25) is 0 Å². The van der Waals surface area contributed by atoms with Gasteiger partial charge < -0.3 is 0 Å². The van der Waals surface area contributed by atoms with Crippen molar-refractivity contribution in [1.82, 2.24) is 0 Å². The van der Waals surface area contributed by atoms with E-state index in [-0.39, 0.29) is 0 Å². The molecule has 12 heteroatoms. The molecule has 0 atom stereocenters. The molecule has 0 unspecified atom stereocenters. The van der Waals surface area contributed by atoms with E-state index in [0.717, 1.165) is 0 Å². The van der Waals surface area contributed by atoms with Crippen LogP contribution in [0.5, 0.6) is 0 Å². The fourth-order valence-corrected chi connectivity index (χ4v) is 1.11. The van der Waals surface area contributed by atoms with Gasteiger partial charge in [-0.2, -0.15) is 52.7 Å². The van der Waals surface area contributed by atoms with Gasteiger partial charge in [0.05, 0.1) is 0 Å². The number of alkyl halides is 12. The molecule has 0 bridgehead atoms. The Morgan fingerprint density at radius 1 is 0.450 bits per heavy atom. The predicted octanol–water partition coefficient (Wildman–Crippen LogP) is 5.04. The smallest absolute Gasteiger partial charge is 0.200 e. The van der Waals surface area contributed by atoms with E-state index in [1.807, 2.05) is 0 Å². The predicted molar refractivity (Wildman–Crippen MR) is 40.7 cm³/mol. The van der Waals surface area contributed by atoms with Crippen LogP contribution in [-0.4, -0.2) is 30.1 Å². The number of halogens is 12. The summed E-state index contributed by atoms with van der Waals surface area (Å²) < 4.78 is 150. The van der Waals surface area contributed by atoms with Crippen molar-refractivity contribution in [2.45, 2.75) is 44.0 Å². The fraction of sp³-hybridized carbons (Fsp3) is 1.00. The topological polar surface area (TPSA) is 0 Å². The Hall–Kier alpha value is -0.840. The highest BCUT2D eigenvalue weighted by atomic mass is 19.4. The largest absolute Gasteiger partial charge is 0.409 e. The summed E-state index contributed by atoms with van der Waals surface area (Å²) in [6.07, 6.45) is -13.9. The van der Waals surface area contributed by atoms with Gasteiger partial charge in [0.1, 0.15) is 0 Å². The second-order valence-corrected chi connectivity index (χ2v) is 4.16. The van der Waals surface area contributed by atoms with Gasteiger partial charge in [-0.25, -0.2) is 0 Å². The third-order valence-electron chi connectivity index (χ3n) is 2.71. The first-order chi connectivity index (χ1) is 8.25. The molecule has 0 aliphatic heterocycles. The SMILES string of the molecule is CC(F)(F)C(F)(F)C(F)(F)C(C)(C(F)(F)F)C(F)(F)F. The molecule has 122 valence electrons. The molecule has 0 nitrogen and oxygen atoms in total. The third-order valence-corrected chi connectivity index (χ3v) is 2.71. The molecule has 0 rings (SSSR count). The summed E-state index contributed by atoms with van der Waals surface area (Å²) in [6.45, 7) is -2.21. The number of rotatable bonds is 3. The minimum Gasteiger partial charge on any atom is -0.200 e. The van der Waals surface area contributed by atoms with E-state index in [9.17, 15) is 52.7 Å². The van der Waals surface area contributed by atoms with E-state index in [2.05, 4.69) is 0 Å². The normalized spacial score (nSPS) is 16.5. The monoisotopic (exact) mass is 330 g/mol. The van der Waals surface area contributed by atoms with Crippen LogP contribution in [0.4, 0.5) is 52.7 Å². The summed E-state index contributed by atoms with van der Waals surface area (Å²) in [6, 6.07) is 0. The first kappa shape index (κ1) is 19.2. The van der Waals surface area contributed by atoms with E-state index in [1.165, 1.54) is 0 Å². The molecular formula is C8H6F12. The van der Waals surface area contributed by atoms with Gasteiger partial charge in [0.2, 0.25) is 5.41 Å². The van der Waals surface area contributed by atoms with Crippen molar-refractivity contribution in [3.05, 3.63) is 0 Å². The lowest BCUT2D eigenvalue weighted by Gasteiger charge is -2.44. The van der Waals surface area contributed by atoms with Crippen molar-refractivity contribution < 1.29 is 52.7 Å². The second-order valence-electron chi connectivity index (χ2n) is 4.16. The van der Waals surface area contributed by atoms with Crippen molar-refractivity contribution in [3.8, 4) is 0 Å². The Labute approximate surface area is 103 Å². The van der Waals surface area contributed by atoms with Crippen LogP contribution >= 0.6 is 0 Å². The van der Waals surface area contributed by atoms with Crippen LogP contribution in [-0.2, 0) is 0 Å². The highest BCUT2D eigenvalue weighted by Crippen LogP contribution is 2.64. The van der Waals surface area contributed by atoms with E-state index >= 15 is 0 Å². The highest BCUT2D eigenvalue weighted by Gasteiger charge is 2.88. The van der Waals surface area contributed by atoms with Crippen molar-refractivity contribution in [3.63, 3.8) is 0 Å². The Morgan fingerprint density at radius 2 is 0.700 bits per heavy atom. The van der Waals surface area contributed by atoms with Crippen LogP contribution in [0, 0.1) is 5.41 Å². The second kappa shape index (κ2) is 4.33. The maximum Gasteiger partial charge on any atom is 0.409 e. The van der Waals surface area contributed by atoms with Crippen molar-refractivity contribution in [2.75, 3.05) is 0 Å². The molecule has 0 aromatic heterocycles. The number of hydrogen-bond donors (Lipinski definition) is 0. The summed E-state index contributed by atoms with van der Waals surface area (Å²) in [5, 5.41) is 0. The molecule has 0 heterocycles. The molecule has 0 radical (unpaired) electrons. The summed E-state index contributed by atoms with van der Waals surface area (Å²) in [4.78, 5) is 0. The zero-order valence-corrected chi connectivity index (χ0v) is 9.54. The molecule has 0 saturated heterocycles. The van der Waals surface area contributed by atoms with E-state index < -0.39 is 49.4 Å². The average Bonchev–Trinajstić information content (AvgIpc) is 2.10. The molecule has 0 amide bonds. The Morgan fingerprint density at radius 3 is 0.850 bits per heavy atom. The van der Waals surface area contributed by atoms with Gasteiger partial charge in [-0.15, -0.1) is 0 Å². The Bertz CT molecular complexity index is 339. The van der Waals surface area contributed by atoms with Crippen molar-refractivity contribution in [2.24, 2.45) is 5.41 Å². The number of hydrogen-bond acceptors (Lipinski definition) is 0.